The summed E-state index contributed by atoms with van der Waals surface area (Å²) in [4.78, 5) is 9.18. The standard InChI is InChI=1S/C10H14F7O4P/c1-6(2)7(3,21-22(18,19)20-6)4-5-8(11,12)9(13,14)10(15,16)17/h4-5H2,1-3H3,(H,18,19). The van der Waals surface area contributed by atoms with Crippen LogP contribution in [0.25, 0.3) is 0 Å². The van der Waals surface area contributed by atoms with Gasteiger partial charge in [-0.25, -0.2) is 4.57 Å². The van der Waals surface area contributed by atoms with Gasteiger partial charge in [0.05, 0.1) is 0 Å². The molecule has 1 aliphatic heterocycles. The van der Waals surface area contributed by atoms with Crippen LogP contribution >= 0.6 is 7.82 Å². The number of hydrogen-bond donors (Lipinski definition) is 1. The molecule has 4 nitrogen and oxygen atoms in total. The second-order valence-electron chi connectivity index (χ2n) is 5.67. The van der Waals surface area contributed by atoms with Gasteiger partial charge in [-0.3, -0.25) is 9.05 Å². The minimum absolute atomic E-state index is 1.02. The summed E-state index contributed by atoms with van der Waals surface area (Å²) in [6.07, 6.45) is -9.39. The molecule has 0 aromatic carbocycles. The van der Waals surface area contributed by atoms with Crippen LogP contribution in [0.4, 0.5) is 30.7 Å². The summed E-state index contributed by atoms with van der Waals surface area (Å²) >= 11 is 0. The Morgan fingerprint density at radius 3 is 1.77 bits per heavy atom. The molecular formula is C10H14F7O4P. The normalized spacial score (nSPS) is 33.2. The van der Waals surface area contributed by atoms with Gasteiger partial charge in [-0.15, -0.1) is 0 Å². The van der Waals surface area contributed by atoms with Gasteiger partial charge in [-0.1, -0.05) is 0 Å². The molecule has 1 N–H and O–H groups in total. The van der Waals surface area contributed by atoms with E-state index in [9.17, 15) is 40.2 Å². The van der Waals surface area contributed by atoms with Gasteiger partial charge in [0.1, 0.15) is 11.2 Å². The molecule has 0 saturated carbocycles. The molecule has 1 aliphatic rings. The predicted molar refractivity (Wildman–Crippen MR) is 59.7 cm³/mol. The van der Waals surface area contributed by atoms with Gasteiger partial charge >= 0.3 is 25.8 Å². The van der Waals surface area contributed by atoms with E-state index in [1.165, 1.54) is 13.8 Å². The van der Waals surface area contributed by atoms with E-state index in [0.717, 1.165) is 6.92 Å². The second-order valence-corrected chi connectivity index (χ2v) is 6.97. The quantitative estimate of drug-likeness (QED) is 0.599. The average molecular weight is 362 g/mol. The third-order valence-electron chi connectivity index (χ3n) is 3.67. The number of phosphoric ester groups is 1. The van der Waals surface area contributed by atoms with Gasteiger partial charge in [0, 0.05) is 6.42 Å². The molecule has 1 heterocycles. The molecule has 0 radical (unpaired) electrons. The van der Waals surface area contributed by atoms with Crippen LogP contribution in [0.2, 0.25) is 0 Å². The Labute approximate surface area is 121 Å². The lowest BCUT2D eigenvalue weighted by molar-refractivity contribution is -0.356. The van der Waals surface area contributed by atoms with Crippen LogP contribution in [0.5, 0.6) is 0 Å². The maximum Gasteiger partial charge on any atom is 0.473 e. The van der Waals surface area contributed by atoms with Gasteiger partial charge in [-0.05, 0) is 27.2 Å². The zero-order chi connectivity index (χ0) is 17.8. The van der Waals surface area contributed by atoms with Crippen LogP contribution in [0.15, 0.2) is 0 Å². The van der Waals surface area contributed by atoms with Crippen molar-refractivity contribution in [3.63, 3.8) is 0 Å². The number of phosphoric acid groups is 1. The number of alkyl halides is 7. The second kappa shape index (κ2) is 5.06. The average Bonchev–Trinajstić information content (AvgIpc) is 2.38. The lowest BCUT2D eigenvalue weighted by Crippen LogP contribution is -2.53. The smallest absolute Gasteiger partial charge is 0.302 e. The fraction of sp³-hybridized carbons (Fsp3) is 1.00. The Morgan fingerprint density at radius 2 is 1.45 bits per heavy atom. The molecule has 2 atom stereocenters. The van der Waals surface area contributed by atoms with Crippen molar-refractivity contribution in [2.75, 3.05) is 0 Å². The number of halogens is 7. The van der Waals surface area contributed by atoms with Gasteiger partial charge < -0.3 is 4.89 Å². The molecule has 0 bridgehead atoms. The first-order valence-electron chi connectivity index (χ1n) is 5.94. The van der Waals surface area contributed by atoms with Gasteiger partial charge in [0.15, 0.2) is 0 Å². The highest BCUT2D eigenvalue weighted by Crippen LogP contribution is 2.63. The lowest BCUT2D eigenvalue weighted by atomic mass is 9.82. The molecule has 1 fully saturated rings. The van der Waals surface area contributed by atoms with E-state index in [-0.39, 0.29) is 0 Å². The largest absolute Gasteiger partial charge is 0.473 e. The maximum absolute atomic E-state index is 13.3. The highest BCUT2D eigenvalue weighted by Gasteiger charge is 2.73. The molecule has 22 heavy (non-hydrogen) atoms. The Bertz CT molecular complexity index is 490. The first-order valence-corrected chi connectivity index (χ1v) is 7.43. The minimum Gasteiger partial charge on any atom is -0.302 e. The minimum atomic E-state index is -6.42. The van der Waals surface area contributed by atoms with E-state index in [4.69, 9.17) is 0 Å². The molecule has 0 aliphatic carbocycles. The molecule has 0 aromatic heterocycles. The first kappa shape index (κ1) is 19.7. The van der Waals surface area contributed by atoms with Gasteiger partial charge in [0.2, 0.25) is 0 Å². The van der Waals surface area contributed by atoms with E-state index in [1.54, 1.807) is 0 Å². The summed E-state index contributed by atoms with van der Waals surface area (Å²) in [5, 5.41) is 0. The summed E-state index contributed by atoms with van der Waals surface area (Å²) < 4.78 is 109. The Hall–Kier alpha value is -0.380. The van der Waals surface area contributed by atoms with Crippen LogP contribution in [0.3, 0.4) is 0 Å². The number of rotatable bonds is 4. The van der Waals surface area contributed by atoms with E-state index in [1.807, 2.05) is 0 Å². The van der Waals surface area contributed by atoms with E-state index in [0.29, 0.717) is 0 Å². The zero-order valence-electron chi connectivity index (χ0n) is 11.7. The highest BCUT2D eigenvalue weighted by atomic mass is 31.2. The van der Waals surface area contributed by atoms with Crippen molar-refractivity contribution < 1.29 is 49.2 Å². The monoisotopic (exact) mass is 362 g/mol. The van der Waals surface area contributed by atoms with Gasteiger partial charge in [-0.2, -0.15) is 30.7 Å². The van der Waals surface area contributed by atoms with Crippen LogP contribution in [-0.2, 0) is 13.6 Å². The third-order valence-corrected chi connectivity index (χ3v) is 4.99. The zero-order valence-corrected chi connectivity index (χ0v) is 12.6. The summed E-state index contributed by atoms with van der Waals surface area (Å²) in [7, 11) is -4.60. The van der Waals surface area contributed by atoms with Crippen LogP contribution in [0, 0.1) is 0 Å². The SMILES string of the molecule is CC1(C)OP(=O)(O)OC1(C)CCC(F)(F)C(F)(F)C(F)(F)F. The van der Waals surface area contributed by atoms with E-state index < -0.39 is 49.9 Å². The van der Waals surface area contributed by atoms with Crippen molar-refractivity contribution in [1.29, 1.82) is 0 Å². The molecular weight excluding hydrogens is 348 g/mol. The maximum atomic E-state index is 13.3. The van der Waals surface area contributed by atoms with Crippen molar-refractivity contribution in [2.45, 2.75) is 62.8 Å². The molecule has 12 heteroatoms. The fourth-order valence-electron chi connectivity index (χ4n) is 1.87. The summed E-state index contributed by atoms with van der Waals surface area (Å²) in [5.41, 5.74) is -3.58. The summed E-state index contributed by atoms with van der Waals surface area (Å²) in [6.45, 7) is 3.36. The summed E-state index contributed by atoms with van der Waals surface area (Å²) in [5.74, 6) is -11.6. The first-order chi connectivity index (χ1) is 9.37. The predicted octanol–water partition coefficient (Wildman–Crippen LogP) is 4.28. The Morgan fingerprint density at radius 1 is 1.00 bits per heavy atom. The van der Waals surface area contributed by atoms with Gasteiger partial charge in [0.25, 0.3) is 0 Å². The van der Waals surface area contributed by atoms with E-state index in [2.05, 4.69) is 9.05 Å². The molecule has 1 saturated heterocycles. The molecule has 1 rings (SSSR count). The summed E-state index contributed by atoms with van der Waals surface area (Å²) in [6, 6.07) is 0. The molecule has 132 valence electrons. The Kier molecular flexibility index (Phi) is 4.52. The van der Waals surface area contributed by atoms with E-state index >= 15 is 0 Å². The fourth-order valence-corrected chi connectivity index (χ4v) is 3.50. The van der Waals surface area contributed by atoms with Crippen molar-refractivity contribution in [1.82, 2.24) is 0 Å². The van der Waals surface area contributed by atoms with Crippen molar-refractivity contribution >= 4 is 7.82 Å². The van der Waals surface area contributed by atoms with Crippen molar-refractivity contribution in [2.24, 2.45) is 0 Å². The molecule has 0 amide bonds. The lowest BCUT2D eigenvalue weighted by Gasteiger charge is -2.35. The highest BCUT2D eigenvalue weighted by molar-refractivity contribution is 7.47. The number of hydrogen-bond acceptors (Lipinski definition) is 3. The molecule has 0 aromatic rings. The van der Waals surface area contributed by atoms with Crippen LogP contribution in [0.1, 0.15) is 33.6 Å². The van der Waals surface area contributed by atoms with Crippen molar-refractivity contribution in [3.05, 3.63) is 0 Å². The van der Waals surface area contributed by atoms with Crippen LogP contribution < -0.4 is 0 Å². The molecule has 0 spiro atoms. The third kappa shape index (κ3) is 3.27. The molecule has 2 unspecified atom stereocenters. The van der Waals surface area contributed by atoms with Crippen LogP contribution in [-0.4, -0.2) is 34.1 Å². The topological polar surface area (TPSA) is 55.8 Å². The Balaban J connectivity index is 2.96. The van der Waals surface area contributed by atoms with Crippen molar-refractivity contribution in [3.8, 4) is 0 Å².